The Balaban J connectivity index is 1.47. The molecule has 204 valence electrons. The first-order chi connectivity index (χ1) is 18.1. The number of fused-ring (bicyclic) bond motifs is 1. The summed E-state index contributed by atoms with van der Waals surface area (Å²) < 4.78 is 54.7. The van der Waals surface area contributed by atoms with Gasteiger partial charge in [0, 0.05) is 36.8 Å². The molecule has 11 heteroatoms. The Hall–Kier alpha value is -3.18. The number of benzene rings is 1. The highest BCUT2D eigenvalue weighted by atomic mass is 32.2. The second-order valence-corrected chi connectivity index (χ2v) is 12.7. The summed E-state index contributed by atoms with van der Waals surface area (Å²) in [4.78, 5) is 15.0. The number of carbonyl (C=O) groups is 1. The van der Waals surface area contributed by atoms with Crippen LogP contribution in [0, 0.1) is 5.82 Å². The van der Waals surface area contributed by atoms with Gasteiger partial charge < -0.3 is 14.4 Å². The van der Waals surface area contributed by atoms with E-state index >= 15 is 0 Å². The molecule has 2 saturated heterocycles. The number of carbonyl (C=O) groups excluding carboxylic acids is 1. The van der Waals surface area contributed by atoms with Crippen molar-refractivity contribution in [3.8, 4) is 5.75 Å². The van der Waals surface area contributed by atoms with Crippen molar-refractivity contribution in [3.63, 3.8) is 0 Å². The summed E-state index contributed by atoms with van der Waals surface area (Å²) in [7, 11) is -3.79. The molecule has 2 aliphatic rings. The fourth-order valence-corrected chi connectivity index (χ4v) is 5.67. The molecule has 1 amide bonds. The van der Waals surface area contributed by atoms with Crippen LogP contribution in [0.25, 0.3) is 5.52 Å². The number of sulfonamides is 1. The molecule has 0 spiro atoms. The molecule has 0 radical (unpaired) electrons. The number of pyridine rings is 1. The van der Waals surface area contributed by atoms with Crippen molar-refractivity contribution in [1.82, 2.24) is 14.3 Å². The summed E-state index contributed by atoms with van der Waals surface area (Å²) in [5, 5.41) is 3.47. The molecule has 2 fully saturated rings. The van der Waals surface area contributed by atoms with Crippen LogP contribution in [-0.2, 0) is 14.8 Å². The minimum absolute atomic E-state index is 0.131. The lowest BCUT2D eigenvalue weighted by molar-refractivity contribution is -0.0349. The second-order valence-electron chi connectivity index (χ2n) is 10.5. The standard InChI is InChI=1S/C27H33FN4O5S/c1-18(2)38(34,35)30-26(33)22-17-29-32-12-8-20(16-24(22)32)31-11-4-5-23(31)21-15-19(28)6-7-25(21)37-27(3)9-13-36-14-10-27/h6-8,12,15-18,23H,4-5,9-11,13-14H2,1-3H3,(H,30,33). The molecule has 1 unspecified atom stereocenters. The monoisotopic (exact) mass is 544 g/mol. The first kappa shape index (κ1) is 26.4. The average Bonchev–Trinajstić information content (AvgIpc) is 3.52. The van der Waals surface area contributed by atoms with Gasteiger partial charge in [0.15, 0.2) is 0 Å². The molecule has 0 bridgehead atoms. The summed E-state index contributed by atoms with van der Waals surface area (Å²) in [6.45, 7) is 7.06. The fraction of sp³-hybridized carbons (Fsp3) is 0.481. The van der Waals surface area contributed by atoms with Crippen LogP contribution in [0.3, 0.4) is 0 Å². The highest BCUT2D eigenvalue weighted by Gasteiger charge is 2.34. The number of anilines is 1. The number of nitrogens with zero attached hydrogens (tertiary/aromatic N) is 3. The van der Waals surface area contributed by atoms with Crippen LogP contribution in [0.2, 0.25) is 0 Å². The Bertz CT molecular complexity index is 1450. The van der Waals surface area contributed by atoms with E-state index in [1.165, 1.54) is 30.6 Å². The number of halogens is 1. The highest BCUT2D eigenvalue weighted by molar-refractivity contribution is 7.90. The van der Waals surface area contributed by atoms with E-state index in [1.54, 1.807) is 18.3 Å². The smallest absolute Gasteiger partial charge is 0.268 e. The van der Waals surface area contributed by atoms with Crippen LogP contribution >= 0.6 is 0 Å². The quantitative estimate of drug-likeness (QED) is 0.475. The van der Waals surface area contributed by atoms with E-state index < -0.39 is 21.2 Å². The van der Waals surface area contributed by atoms with Crippen molar-refractivity contribution in [2.24, 2.45) is 0 Å². The lowest BCUT2D eigenvalue weighted by atomic mass is 9.95. The SMILES string of the molecule is CC(C)S(=O)(=O)NC(=O)c1cnn2ccc(N3CCCC3c3cc(F)ccc3OC3(C)CCOCC3)cc12. The Labute approximate surface area is 222 Å². The predicted molar refractivity (Wildman–Crippen MR) is 142 cm³/mol. The zero-order chi connectivity index (χ0) is 27.1. The van der Waals surface area contributed by atoms with E-state index in [0.717, 1.165) is 43.5 Å². The largest absolute Gasteiger partial charge is 0.487 e. The Kier molecular flexibility index (Phi) is 7.08. The average molecular weight is 545 g/mol. The van der Waals surface area contributed by atoms with Crippen LogP contribution in [0.4, 0.5) is 10.1 Å². The minimum atomic E-state index is -3.79. The number of rotatable bonds is 7. The maximum absolute atomic E-state index is 14.5. The summed E-state index contributed by atoms with van der Waals surface area (Å²) >= 11 is 0. The zero-order valence-electron chi connectivity index (χ0n) is 21.8. The van der Waals surface area contributed by atoms with Crippen LogP contribution in [0.1, 0.15) is 68.4 Å². The topological polar surface area (TPSA) is 102 Å². The molecule has 3 aromatic rings. The van der Waals surface area contributed by atoms with Crippen molar-refractivity contribution >= 4 is 27.1 Å². The number of nitrogens with one attached hydrogen (secondary N) is 1. The third-order valence-electron chi connectivity index (χ3n) is 7.43. The van der Waals surface area contributed by atoms with Gasteiger partial charge in [0.25, 0.3) is 5.91 Å². The fourth-order valence-electron chi connectivity index (χ4n) is 5.07. The van der Waals surface area contributed by atoms with Crippen LogP contribution in [0.5, 0.6) is 5.75 Å². The van der Waals surface area contributed by atoms with Crippen molar-refractivity contribution in [1.29, 1.82) is 0 Å². The molecule has 2 aromatic heterocycles. The van der Waals surface area contributed by atoms with Gasteiger partial charge in [-0.05, 0) is 63.9 Å². The molecule has 38 heavy (non-hydrogen) atoms. The van der Waals surface area contributed by atoms with E-state index in [4.69, 9.17) is 9.47 Å². The molecular formula is C27H33FN4O5S. The predicted octanol–water partition coefficient (Wildman–Crippen LogP) is 4.23. The maximum atomic E-state index is 14.5. The summed E-state index contributed by atoms with van der Waals surface area (Å²) in [5.41, 5.74) is 1.87. The van der Waals surface area contributed by atoms with Gasteiger partial charge in [-0.1, -0.05) is 0 Å². The Morgan fingerprint density at radius 1 is 1.24 bits per heavy atom. The maximum Gasteiger partial charge on any atom is 0.268 e. The van der Waals surface area contributed by atoms with Gasteiger partial charge in [-0.15, -0.1) is 0 Å². The molecule has 1 N–H and O–H groups in total. The number of hydrogen-bond donors (Lipinski definition) is 1. The van der Waals surface area contributed by atoms with Gasteiger partial charge in [0.05, 0.1) is 41.8 Å². The van der Waals surface area contributed by atoms with E-state index in [9.17, 15) is 17.6 Å². The minimum Gasteiger partial charge on any atom is -0.487 e. The van der Waals surface area contributed by atoms with Crippen LogP contribution in [0.15, 0.2) is 42.7 Å². The van der Waals surface area contributed by atoms with Crippen LogP contribution < -0.4 is 14.4 Å². The first-order valence-corrected chi connectivity index (χ1v) is 14.5. The molecule has 1 aromatic carbocycles. The summed E-state index contributed by atoms with van der Waals surface area (Å²) in [5.74, 6) is -0.390. The number of aromatic nitrogens is 2. The molecule has 1 atom stereocenters. The van der Waals surface area contributed by atoms with E-state index in [-0.39, 0.29) is 23.0 Å². The van der Waals surface area contributed by atoms with E-state index in [2.05, 4.69) is 21.6 Å². The van der Waals surface area contributed by atoms with Gasteiger partial charge in [-0.25, -0.2) is 22.0 Å². The van der Waals surface area contributed by atoms with Gasteiger partial charge in [-0.2, -0.15) is 5.10 Å². The second kappa shape index (κ2) is 10.2. The number of amides is 1. The molecule has 0 aliphatic carbocycles. The van der Waals surface area contributed by atoms with E-state index in [0.29, 0.717) is 24.5 Å². The molecule has 9 nitrogen and oxygen atoms in total. The van der Waals surface area contributed by atoms with Gasteiger partial charge in [0.1, 0.15) is 17.2 Å². The van der Waals surface area contributed by atoms with Crippen molar-refractivity contribution in [3.05, 3.63) is 59.7 Å². The first-order valence-electron chi connectivity index (χ1n) is 12.9. The third kappa shape index (κ3) is 5.22. The Morgan fingerprint density at radius 2 is 2.00 bits per heavy atom. The molecule has 0 saturated carbocycles. The molecule has 4 heterocycles. The van der Waals surface area contributed by atoms with Gasteiger partial charge >= 0.3 is 0 Å². The number of ether oxygens (including phenoxy) is 2. The molecular weight excluding hydrogens is 511 g/mol. The molecule has 2 aliphatic heterocycles. The summed E-state index contributed by atoms with van der Waals surface area (Å²) in [6, 6.07) is 8.27. The van der Waals surface area contributed by atoms with Crippen molar-refractivity contribution < 1.29 is 27.1 Å². The molecule has 5 rings (SSSR count). The van der Waals surface area contributed by atoms with Gasteiger partial charge in [0.2, 0.25) is 10.0 Å². The summed E-state index contributed by atoms with van der Waals surface area (Å²) in [6.07, 6.45) is 6.32. The zero-order valence-corrected chi connectivity index (χ0v) is 22.6. The van der Waals surface area contributed by atoms with E-state index in [1.807, 2.05) is 12.1 Å². The van der Waals surface area contributed by atoms with Gasteiger partial charge in [-0.3, -0.25) is 4.79 Å². The lowest BCUT2D eigenvalue weighted by Gasteiger charge is -2.36. The Morgan fingerprint density at radius 3 is 2.74 bits per heavy atom. The highest BCUT2D eigenvalue weighted by Crippen LogP contribution is 2.42. The van der Waals surface area contributed by atoms with Crippen LogP contribution in [-0.4, -0.2) is 54.5 Å². The number of hydrogen-bond acceptors (Lipinski definition) is 7. The third-order valence-corrected chi connectivity index (χ3v) is 9.14. The van der Waals surface area contributed by atoms with Crippen molar-refractivity contribution in [2.75, 3.05) is 24.7 Å². The lowest BCUT2D eigenvalue weighted by Crippen LogP contribution is -2.39. The van der Waals surface area contributed by atoms with Crippen molar-refractivity contribution in [2.45, 2.75) is 63.3 Å². The normalized spacial score (nSPS) is 19.7.